The number of benzene rings is 1. The molecular weight excluding hydrogens is 358 g/mol. The van der Waals surface area contributed by atoms with Gasteiger partial charge < -0.3 is 13.9 Å². The topological polar surface area (TPSA) is 49.0 Å². The number of hydrogen-bond donors (Lipinski definition) is 0. The Bertz CT molecular complexity index is 985. The van der Waals surface area contributed by atoms with Gasteiger partial charge in [-0.15, -0.1) is 0 Å². The molecule has 0 spiro atoms. The van der Waals surface area contributed by atoms with Crippen LogP contribution in [0.3, 0.4) is 0 Å². The molecule has 0 saturated heterocycles. The summed E-state index contributed by atoms with van der Waals surface area (Å²) in [5, 5.41) is 0.873. The van der Waals surface area contributed by atoms with Crippen LogP contribution in [0.2, 0.25) is 0 Å². The molecule has 2 aromatic heterocycles. The lowest BCUT2D eigenvalue weighted by Crippen LogP contribution is -2.08. The molecule has 1 aliphatic rings. The zero-order valence-electron chi connectivity index (χ0n) is 16.1. The Morgan fingerprint density at radius 3 is 2.81 bits per heavy atom. The normalized spacial score (nSPS) is 14.2. The Kier molecular flexibility index (Phi) is 5.10. The average Bonchev–Trinajstić information content (AvgIpc) is 3.36. The first-order chi connectivity index (χ1) is 13.1. The number of aromatic nitrogens is 3. The minimum absolute atomic E-state index is 0.172. The Hall–Kier alpha value is -2.05. The quantitative estimate of drug-likeness (QED) is 0.427. The predicted octanol–water partition coefficient (Wildman–Crippen LogP) is 4.41. The van der Waals surface area contributed by atoms with Gasteiger partial charge >= 0.3 is 0 Å². The minimum Gasteiger partial charge on any atom is -0.383 e. The van der Waals surface area contributed by atoms with Crippen LogP contribution >= 0.6 is 11.8 Å². The van der Waals surface area contributed by atoms with E-state index < -0.39 is 0 Å². The smallest absolute Gasteiger partial charge is 0.175 e. The Morgan fingerprint density at radius 2 is 2.07 bits per heavy atom. The van der Waals surface area contributed by atoms with E-state index in [0.717, 1.165) is 34.0 Å². The number of fused-ring (bicyclic) bond motifs is 1. The molecule has 0 N–H and O–H groups in total. The monoisotopic (exact) mass is 383 g/mol. The lowest BCUT2D eigenvalue weighted by atomic mass is 10.2. The van der Waals surface area contributed by atoms with E-state index in [1.54, 1.807) is 7.11 Å². The van der Waals surface area contributed by atoms with Crippen LogP contribution in [-0.2, 0) is 11.3 Å². The first-order valence-corrected chi connectivity index (χ1v) is 10.4. The van der Waals surface area contributed by atoms with Crippen LogP contribution in [-0.4, -0.2) is 39.4 Å². The number of Topliss-reactive ketones (excluding diaryl/α,β-unsaturated/α-hetero) is 1. The fourth-order valence-corrected chi connectivity index (χ4v) is 4.65. The number of nitrogens with zero attached hydrogens (tertiary/aromatic N) is 3. The van der Waals surface area contributed by atoms with Crippen molar-refractivity contribution >= 4 is 28.6 Å². The van der Waals surface area contributed by atoms with Gasteiger partial charge in [0.25, 0.3) is 0 Å². The van der Waals surface area contributed by atoms with Crippen LogP contribution in [0.15, 0.2) is 35.5 Å². The second-order valence-electron chi connectivity index (χ2n) is 7.13. The summed E-state index contributed by atoms with van der Waals surface area (Å²) >= 11 is 1.51. The molecule has 0 bridgehead atoms. The molecule has 4 rings (SSSR count). The van der Waals surface area contributed by atoms with Gasteiger partial charge in [0.15, 0.2) is 10.9 Å². The maximum absolute atomic E-state index is 12.9. The summed E-state index contributed by atoms with van der Waals surface area (Å²) in [4.78, 5) is 17.6. The van der Waals surface area contributed by atoms with Crippen molar-refractivity contribution in [2.24, 2.45) is 0 Å². The summed E-state index contributed by atoms with van der Waals surface area (Å²) in [5.41, 5.74) is 5.18. The lowest BCUT2D eigenvalue weighted by Gasteiger charge is -2.09. The number of hydrogen-bond acceptors (Lipinski definition) is 4. The summed E-state index contributed by atoms with van der Waals surface area (Å²) in [7, 11) is 1.70. The molecule has 0 aliphatic heterocycles. The molecule has 1 fully saturated rings. The maximum atomic E-state index is 12.9. The third-order valence-corrected chi connectivity index (χ3v) is 6.14. The fourth-order valence-electron chi connectivity index (χ4n) is 3.72. The first-order valence-electron chi connectivity index (χ1n) is 9.38. The zero-order chi connectivity index (χ0) is 19.0. The number of para-hydroxylation sites is 2. The molecule has 0 radical (unpaired) electrons. The second-order valence-corrected chi connectivity index (χ2v) is 8.07. The third kappa shape index (κ3) is 3.56. The highest BCUT2D eigenvalue weighted by molar-refractivity contribution is 7.99. The van der Waals surface area contributed by atoms with Gasteiger partial charge in [0.2, 0.25) is 0 Å². The van der Waals surface area contributed by atoms with E-state index in [1.165, 1.54) is 30.3 Å². The van der Waals surface area contributed by atoms with Crippen LogP contribution in [0.4, 0.5) is 0 Å². The molecular formula is C21H25N3O2S. The number of carbonyl (C=O) groups is 1. The molecule has 142 valence electrons. The van der Waals surface area contributed by atoms with Crippen LogP contribution < -0.4 is 0 Å². The van der Waals surface area contributed by atoms with Crippen molar-refractivity contribution in [3.63, 3.8) is 0 Å². The molecule has 1 aromatic carbocycles. The van der Waals surface area contributed by atoms with Gasteiger partial charge in [-0.25, -0.2) is 4.98 Å². The highest BCUT2D eigenvalue weighted by atomic mass is 32.2. The summed E-state index contributed by atoms with van der Waals surface area (Å²) in [6, 6.07) is 10.7. The van der Waals surface area contributed by atoms with Crippen LogP contribution in [0.5, 0.6) is 0 Å². The van der Waals surface area contributed by atoms with Crippen molar-refractivity contribution in [3.05, 3.63) is 47.3 Å². The van der Waals surface area contributed by atoms with Crippen molar-refractivity contribution in [2.75, 3.05) is 19.5 Å². The van der Waals surface area contributed by atoms with Gasteiger partial charge in [-0.1, -0.05) is 23.9 Å². The minimum atomic E-state index is 0.172. The summed E-state index contributed by atoms with van der Waals surface area (Å²) in [6.07, 6.45) is 2.45. The molecule has 27 heavy (non-hydrogen) atoms. The van der Waals surface area contributed by atoms with E-state index in [-0.39, 0.29) is 5.78 Å². The van der Waals surface area contributed by atoms with Crippen LogP contribution in [0.25, 0.3) is 11.0 Å². The Balaban J connectivity index is 1.55. The number of rotatable bonds is 8. The molecule has 3 aromatic rings. The number of methoxy groups -OCH3 is 1. The van der Waals surface area contributed by atoms with E-state index in [1.807, 2.05) is 24.3 Å². The number of imidazole rings is 1. The molecule has 6 heteroatoms. The number of carbonyl (C=O) groups excluding carboxylic acids is 1. The van der Waals surface area contributed by atoms with Crippen molar-refractivity contribution in [2.45, 2.75) is 44.4 Å². The first kappa shape index (κ1) is 18.3. The van der Waals surface area contributed by atoms with Crippen molar-refractivity contribution < 1.29 is 9.53 Å². The van der Waals surface area contributed by atoms with Gasteiger partial charge in [-0.2, -0.15) is 0 Å². The molecule has 5 nitrogen and oxygen atoms in total. The third-order valence-electron chi connectivity index (χ3n) is 5.17. The van der Waals surface area contributed by atoms with E-state index in [0.29, 0.717) is 18.4 Å². The molecule has 2 heterocycles. The van der Waals surface area contributed by atoms with E-state index in [4.69, 9.17) is 9.72 Å². The summed E-state index contributed by atoms with van der Waals surface area (Å²) in [6.45, 7) is 5.50. The highest BCUT2D eigenvalue weighted by Crippen LogP contribution is 2.38. The molecule has 1 saturated carbocycles. The SMILES string of the molecule is COCCn1c(SCC(=O)c2cc(C)n(C3CC3)c2C)nc2ccccc21. The fraction of sp³-hybridized carbons (Fsp3) is 0.429. The van der Waals surface area contributed by atoms with Gasteiger partial charge in [-0.3, -0.25) is 4.79 Å². The van der Waals surface area contributed by atoms with Gasteiger partial charge in [-0.05, 0) is 44.9 Å². The van der Waals surface area contributed by atoms with Gasteiger partial charge in [0.05, 0.1) is 23.4 Å². The highest BCUT2D eigenvalue weighted by Gasteiger charge is 2.28. The largest absolute Gasteiger partial charge is 0.383 e. The van der Waals surface area contributed by atoms with Crippen molar-refractivity contribution in [1.82, 2.24) is 14.1 Å². The standard InChI is InChI=1S/C21H25N3O2S/c1-14-12-17(15(2)24(14)16-8-9-16)20(25)13-27-21-22-18-6-4-5-7-19(18)23(21)10-11-26-3/h4-7,12,16H,8-11,13H2,1-3H3. The second kappa shape index (κ2) is 7.52. The lowest BCUT2D eigenvalue weighted by molar-refractivity contribution is 0.102. The van der Waals surface area contributed by atoms with E-state index >= 15 is 0 Å². The summed E-state index contributed by atoms with van der Waals surface area (Å²) < 4.78 is 9.71. The van der Waals surface area contributed by atoms with Crippen LogP contribution in [0.1, 0.15) is 40.6 Å². The summed E-state index contributed by atoms with van der Waals surface area (Å²) in [5.74, 6) is 0.566. The molecule has 0 amide bonds. The van der Waals surface area contributed by atoms with Crippen LogP contribution in [0, 0.1) is 13.8 Å². The number of ketones is 1. The van der Waals surface area contributed by atoms with Crippen molar-refractivity contribution in [3.8, 4) is 0 Å². The van der Waals surface area contributed by atoms with Gasteiger partial charge in [0, 0.05) is 36.6 Å². The molecule has 0 atom stereocenters. The van der Waals surface area contributed by atoms with Crippen molar-refractivity contribution in [1.29, 1.82) is 0 Å². The van der Waals surface area contributed by atoms with E-state index in [9.17, 15) is 4.79 Å². The van der Waals surface area contributed by atoms with Gasteiger partial charge in [0.1, 0.15) is 0 Å². The maximum Gasteiger partial charge on any atom is 0.175 e. The molecule has 1 aliphatic carbocycles. The predicted molar refractivity (Wildman–Crippen MR) is 109 cm³/mol. The zero-order valence-corrected chi connectivity index (χ0v) is 16.9. The average molecular weight is 384 g/mol. The van der Waals surface area contributed by atoms with E-state index in [2.05, 4.69) is 29.0 Å². The number of thioether (sulfide) groups is 1. The number of aryl methyl sites for hydroxylation is 1. The number of ether oxygens (including phenoxy) is 1. The Morgan fingerprint density at radius 1 is 1.30 bits per heavy atom. The molecule has 0 unspecified atom stereocenters. The Labute approximate surface area is 163 Å².